The molecule has 0 spiro atoms. The largest absolute Gasteiger partial charge is 0.312 e. The Balaban J connectivity index is 1.64. The summed E-state index contributed by atoms with van der Waals surface area (Å²) in [7, 11) is 1.94. The summed E-state index contributed by atoms with van der Waals surface area (Å²) >= 11 is 0. The zero-order valence-corrected chi connectivity index (χ0v) is 16.2. The molecule has 0 heterocycles. The minimum Gasteiger partial charge on any atom is -0.312 e. The molecule has 0 bridgehead atoms. The van der Waals surface area contributed by atoms with Gasteiger partial charge in [-0.25, -0.2) is 0 Å². The van der Waals surface area contributed by atoms with E-state index >= 15 is 0 Å². The summed E-state index contributed by atoms with van der Waals surface area (Å²) in [6.45, 7) is 4.58. The first kappa shape index (κ1) is 17.9. The lowest BCUT2D eigenvalue weighted by Crippen LogP contribution is -2.38. The molecule has 3 aromatic carbocycles. The summed E-state index contributed by atoms with van der Waals surface area (Å²) in [5.74, 6) is 0. The van der Waals surface area contributed by atoms with Gasteiger partial charge in [0.15, 0.2) is 0 Å². The van der Waals surface area contributed by atoms with Gasteiger partial charge in [0.1, 0.15) is 0 Å². The standard InChI is InChI=1S/C24H27N3/c1-24(2)20-12-8-7-11-18(20)19-14-13-17(15-21(19)24)22(25)27-23(26-3)16-9-5-4-6-10-16/h4-15,22-23,26-27H,25H2,1-3H3. The van der Waals surface area contributed by atoms with Gasteiger partial charge in [0.2, 0.25) is 0 Å². The van der Waals surface area contributed by atoms with E-state index in [2.05, 4.69) is 79.1 Å². The van der Waals surface area contributed by atoms with Gasteiger partial charge in [-0.2, -0.15) is 0 Å². The lowest BCUT2D eigenvalue weighted by Gasteiger charge is -2.26. The second-order valence-electron chi connectivity index (χ2n) is 7.75. The average molecular weight is 358 g/mol. The van der Waals surface area contributed by atoms with Crippen molar-refractivity contribution in [1.82, 2.24) is 10.6 Å². The molecule has 0 saturated heterocycles. The quantitative estimate of drug-likeness (QED) is 0.591. The third kappa shape index (κ3) is 3.08. The molecule has 0 aliphatic heterocycles. The first-order chi connectivity index (χ1) is 13.0. The highest BCUT2D eigenvalue weighted by atomic mass is 15.2. The van der Waals surface area contributed by atoms with Crippen LogP contribution in [0.1, 0.15) is 48.4 Å². The van der Waals surface area contributed by atoms with Gasteiger partial charge in [-0.15, -0.1) is 0 Å². The molecule has 0 fully saturated rings. The highest BCUT2D eigenvalue weighted by Gasteiger charge is 2.35. The van der Waals surface area contributed by atoms with Crippen LogP contribution < -0.4 is 16.4 Å². The minimum absolute atomic E-state index is 0.000313. The van der Waals surface area contributed by atoms with Crippen LogP contribution in [0.4, 0.5) is 0 Å². The fourth-order valence-electron chi connectivity index (χ4n) is 4.18. The molecular weight excluding hydrogens is 330 g/mol. The summed E-state index contributed by atoms with van der Waals surface area (Å²) in [5, 5.41) is 6.82. The number of hydrogen-bond donors (Lipinski definition) is 3. The molecular formula is C24H27N3. The van der Waals surface area contributed by atoms with Crippen LogP contribution in [0.2, 0.25) is 0 Å². The summed E-state index contributed by atoms with van der Waals surface area (Å²) in [6, 6.07) is 25.6. The van der Waals surface area contributed by atoms with Crippen molar-refractivity contribution in [2.45, 2.75) is 31.6 Å². The molecule has 4 rings (SSSR count). The van der Waals surface area contributed by atoms with Crippen molar-refractivity contribution in [1.29, 1.82) is 0 Å². The molecule has 0 radical (unpaired) electrons. The number of benzene rings is 3. The van der Waals surface area contributed by atoms with E-state index in [9.17, 15) is 0 Å². The van der Waals surface area contributed by atoms with Crippen molar-refractivity contribution in [3.8, 4) is 11.1 Å². The van der Waals surface area contributed by atoms with Crippen LogP contribution in [0.15, 0.2) is 72.8 Å². The van der Waals surface area contributed by atoms with Gasteiger partial charge in [0.25, 0.3) is 0 Å². The first-order valence-electron chi connectivity index (χ1n) is 9.50. The van der Waals surface area contributed by atoms with E-state index in [0.29, 0.717) is 0 Å². The Morgan fingerprint density at radius 3 is 2.19 bits per heavy atom. The fourth-order valence-corrected chi connectivity index (χ4v) is 4.18. The van der Waals surface area contributed by atoms with Crippen LogP contribution in [0.3, 0.4) is 0 Å². The van der Waals surface area contributed by atoms with Gasteiger partial charge < -0.3 is 11.1 Å². The molecule has 3 heteroatoms. The zero-order valence-electron chi connectivity index (χ0n) is 16.2. The molecule has 27 heavy (non-hydrogen) atoms. The molecule has 0 saturated carbocycles. The summed E-state index contributed by atoms with van der Waals surface area (Å²) in [5.41, 5.74) is 14.2. The highest BCUT2D eigenvalue weighted by Crippen LogP contribution is 2.48. The van der Waals surface area contributed by atoms with Crippen molar-refractivity contribution >= 4 is 0 Å². The van der Waals surface area contributed by atoms with Crippen LogP contribution in [0.5, 0.6) is 0 Å². The zero-order chi connectivity index (χ0) is 19.0. The van der Waals surface area contributed by atoms with Crippen LogP contribution in [0.25, 0.3) is 11.1 Å². The lowest BCUT2D eigenvalue weighted by atomic mass is 9.82. The molecule has 0 amide bonds. The maximum Gasteiger partial charge on any atom is 0.0847 e. The van der Waals surface area contributed by atoms with Crippen LogP contribution in [-0.2, 0) is 5.41 Å². The maximum atomic E-state index is 6.55. The molecule has 2 unspecified atom stereocenters. The molecule has 1 aliphatic rings. The molecule has 0 aromatic heterocycles. The predicted molar refractivity (Wildman–Crippen MR) is 112 cm³/mol. The second-order valence-corrected chi connectivity index (χ2v) is 7.75. The van der Waals surface area contributed by atoms with Gasteiger partial charge in [-0.05, 0) is 40.4 Å². The van der Waals surface area contributed by atoms with Crippen molar-refractivity contribution in [3.63, 3.8) is 0 Å². The molecule has 2 atom stereocenters. The highest BCUT2D eigenvalue weighted by molar-refractivity contribution is 5.80. The summed E-state index contributed by atoms with van der Waals surface area (Å²) < 4.78 is 0. The van der Waals surface area contributed by atoms with Gasteiger partial charge in [0, 0.05) is 5.41 Å². The lowest BCUT2D eigenvalue weighted by molar-refractivity contribution is 0.410. The maximum absolute atomic E-state index is 6.55. The molecule has 1 aliphatic carbocycles. The number of rotatable bonds is 5. The van der Waals surface area contributed by atoms with Crippen molar-refractivity contribution in [3.05, 3.63) is 95.1 Å². The van der Waals surface area contributed by atoms with Crippen molar-refractivity contribution in [2.24, 2.45) is 5.73 Å². The van der Waals surface area contributed by atoms with E-state index in [1.54, 1.807) is 0 Å². The predicted octanol–water partition coefficient (Wildman–Crippen LogP) is 4.46. The van der Waals surface area contributed by atoms with E-state index in [0.717, 1.165) is 5.56 Å². The smallest absolute Gasteiger partial charge is 0.0847 e. The Labute approximate surface area is 161 Å². The molecule has 3 aromatic rings. The van der Waals surface area contributed by atoms with E-state index in [-0.39, 0.29) is 17.7 Å². The third-order valence-corrected chi connectivity index (χ3v) is 5.73. The van der Waals surface area contributed by atoms with Crippen LogP contribution in [0, 0.1) is 0 Å². The van der Waals surface area contributed by atoms with E-state index in [4.69, 9.17) is 5.73 Å². The summed E-state index contributed by atoms with van der Waals surface area (Å²) in [4.78, 5) is 0. The first-order valence-corrected chi connectivity index (χ1v) is 9.50. The van der Waals surface area contributed by atoms with Gasteiger partial charge in [0.05, 0.1) is 12.3 Å². The van der Waals surface area contributed by atoms with Gasteiger partial charge in [-0.1, -0.05) is 86.6 Å². The number of hydrogen-bond acceptors (Lipinski definition) is 3. The molecule has 4 N–H and O–H groups in total. The third-order valence-electron chi connectivity index (χ3n) is 5.73. The normalized spacial score (nSPS) is 16.4. The van der Waals surface area contributed by atoms with E-state index in [1.165, 1.54) is 27.8 Å². The SMILES string of the molecule is CNC(NC(N)c1ccc2c(c1)C(C)(C)c1ccccc1-2)c1ccccc1. The van der Waals surface area contributed by atoms with Crippen LogP contribution >= 0.6 is 0 Å². The van der Waals surface area contributed by atoms with Crippen LogP contribution in [-0.4, -0.2) is 7.05 Å². The van der Waals surface area contributed by atoms with Crippen molar-refractivity contribution in [2.75, 3.05) is 7.05 Å². The number of nitrogens with one attached hydrogen (secondary N) is 2. The van der Waals surface area contributed by atoms with Gasteiger partial charge in [-0.3, -0.25) is 5.32 Å². The molecule has 138 valence electrons. The van der Waals surface area contributed by atoms with Gasteiger partial charge >= 0.3 is 0 Å². The number of nitrogens with two attached hydrogens (primary N) is 1. The monoisotopic (exact) mass is 357 g/mol. The van der Waals surface area contributed by atoms with Crippen molar-refractivity contribution < 1.29 is 0 Å². The van der Waals surface area contributed by atoms with E-state index in [1.807, 2.05) is 25.2 Å². The van der Waals surface area contributed by atoms with E-state index < -0.39 is 0 Å². The Morgan fingerprint density at radius 2 is 1.44 bits per heavy atom. The summed E-state index contributed by atoms with van der Waals surface area (Å²) in [6.07, 6.45) is -0.257. The Bertz CT molecular complexity index is 947. The number of fused-ring (bicyclic) bond motifs is 3. The Morgan fingerprint density at radius 1 is 0.778 bits per heavy atom. The average Bonchev–Trinajstić information content (AvgIpc) is 2.94. The minimum atomic E-state index is -0.257. The molecule has 3 nitrogen and oxygen atoms in total. The fraction of sp³-hybridized carbons (Fsp3) is 0.250. The second kappa shape index (κ2) is 6.93. The Kier molecular flexibility index (Phi) is 4.60. The topological polar surface area (TPSA) is 50.1 Å². The Hall–Kier alpha value is -2.46.